The van der Waals surface area contributed by atoms with Crippen LogP contribution in [0.4, 0.5) is 5.69 Å². The quantitative estimate of drug-likeness (QED) is 0.783. The number of para-hydroxylation sites is 1. The Hall–Kier alpha value is -3.28. The third kappa shape index (κ3) is 3.86. The van der Waals surface area contributed by atoms with Gasteiger partial charge in [-0.05, 0) is 42.3 Å². The number of methoxy groups -OCH3 is 2. The Morgan fingerprint density at radius 3 is 2.61 bits per heavy atom. The second-order valence-electron chi connectivity index (χ2n) is 6.40. The molecule has 1 aliphatic heterocycles. The molecule has 6 heteroatoms. The fourth-order valence-electron chi connectivity index (χ4n) is 3.36. The van der Waals surface area contributed by atoms with Crippen molar-refractivity contribution in [2.24, 2.45) is 0 Å². The van der Waals surface area contributed by atoms with Crippen molar-refractivity contribution in [3.63, 3.8) is 0 Å². The maximum Gasteiger partial charge on any atom is 0.251 e. The van der Waals surface area contributed by atoms with Crippen molar-refractivity contribution in [2.75, 3.05) is 25.7 Å². The van der Waals surface area contributed by atoms with E-state index < -0.39 is 6.04 Å². The summed E-state index contributed by atoms with van der Waals surface area (Å²) < 4.78 is 10.5. The molecule has 0 fully saturated rings. The number of rotatable bonds is 6. The number of hydrogen-bond acceptors (Lipinski definition) is 4. The normalized spacial score (nSPS) is 15.4. The molecule has 1 atom stereocenters. The third-order valence-corrected chi connectivity index (χ3v) is 4.69. The highest BCUT2D eigenvalue weighted by molar-refractivity contribution is 6.09. The van der Waals surface area contributed by atoms with Crippen LogP contribution in [0.15, 0.2) is 48.5 Å². The standard InChI is InChI=1S/C22H24N2O4/c1-4-23-22(26)18-14-16-7-5-6-8-17(16)24(18)21(25)12-10-15-9-11-19(27-2)20(13-15)28-3/h5-13,18H,4,14H2,1-3H3,(H,23,26)/b12-10-/t18-/m0/s1. The van der Waals surface area contributed by atoms with Crippen molar-refractivity contribution < 1.29 is 19.1 Å². The molecule has 3 rings (SSSR count). The summed E-state index contributed by atoms with van der Waals surface area (Å²) in [5, 5.41) is 2.82. The van der Waals surface area contributed by atoms with Gasteiger partial charge in [-0.1, -0.05) is 24.3 Å². The molecule has 0 saturated carbocycles. The van der Waals surface area contributed by atoms with E-state index in [1.54, 1.807) is 37.3 Å². The predicted octanol–water partition coefficient (Wildman–Crippen LogP) is 2.81. The van der Waals surface area contributed by atoms with E-state index in [4.69, 9.17) is 9.47 Å². The van der Waals surface area contributed by atoms with Gasteiger partial charge in [0.25, 0.3) is 5.91 Å². The summed E-state index contributed by atoms with van der Waals surface area (Å²) in [7, 11) is 3.14. The first-order valence-electron chi connectivity index (χ1n) is 9.18. The molecule has 0 saturated heterocycles. The molecule has 1 heterocycles. The van der Waals surface area contributed by atoms with Crippen LogP contribution in [0.2, 0.25) is 0 Å². The van der Waals surface area contributed by atoms with E-state index in [1.165, 1.54) is 6.08 Å². The average molecular weight is 380 g/mol. The molecule has 0 bridgehead atoms. The molecule has 0 radical (unpaired) electrons. The monoisotopic (exact) mass is 380 g/mol. The topological polar surface area (TPSA) is 67.9 Å². The molecule has 2 aromatic carbocycles. The van der Waals surface area contributed by atoms with Crippen molar-refractivity contribution in [2.45, 2.75) is 19.4 Å². The largest absolute Gasteiger partial charge is 0.493 e. The molecule has 0 aromatic heterocycles. The third-order valence-electron chi connectivity index (χ3n) is 4.69. The molecule has 2 amide bonds. The van der Waals surface area contributed by atoms with Gasteiger partial charge in [-0.3, -0.25) is 14.5 Å². The van der Waals surface area contributed by atoms with Crippen LogP contribution in [0, 0.1) is 0 Å². The predicted molar refractivity (Wildman–Crippen MR) is 109 cm³/mol. The molecule has 1 aliphatic rings. The van der Waals surface area contributed by atoms with Gasteiger partial charge in [0.1, 0.15) is 6.04 Å². The SMILES string of the molecule is CCNC(=O)[C@@H]1Cc2ccccc2N1C(=O)/C=C\c1ccc(OC)c(OC)c1. The number of nitrogens with zero attached hydrogens (tertiary/aromatic N) is 1. The van der Waals surface area contributed by atoms with E-state index in [2.05, 4.69) is 5.32 Å². The van der Waals surface area contributed by atoms with Crippen molar-refractivity contribution in [3.05, 3.63) is 59.7 Å². The number of likely N-dealkylation sites (N-methyl/N-ethyl adjacent to an activating group) is 1. The highest BCUT2D eigenvalue weighted by Crippen LogP contribution is 2.33. The zero-order chi connectivity index (χ0) is 20.1. The average Bonchev–Trinajstić information content (AvgIpc) is 3.11. The molecule has 0 unspecified atom stereocenters. The Morgan fingerprint density at radius 2 is 1.89 bits per heavy atom. The number of fused-ring (bicyclic) bond motifs is 1. The van der Waals surface area contributed by atoms with Crippen LogP contribution < -0.4 is 19.7 Å². The van der Waals surface area contributed by atoms with E-state index >= 15 is 0 Å². The molecule has 1 N–H and O–H groups in total. The number of amides is 2. The van der Waals surface area contributed by atoms with E-state index in [-0.39, 0.29) is 11.8 Å². The number of carbonyl (C=O) groups is 2. The number of anilines is 1. The molecule has 0 aliphatic carbocycles. The smallest absolute Gasteiger partial charge is 0.251 e. The number of hydrogen-bond donors (Lipinski definition) is 1. The van der Waals surface area contributed by atoms with Crippen molar-refractivity contribution in [3.8, 4) is 11.5 Å². The van der Waals surface area contributed by atoms with Gasteiger partial charge in [0.2, 0.25) is 5.91 Å². The maximum atomic E-state index is 13.0. The molecule has 146 valence electrons. The lowest BCUT2D eigenvalue weighted by atomic mass is 10.1. The van der Waals surface area contributed by atoms with Gasteiger partial charge in [0.15, 0.2) is 11.5 Å². The van der Waals surface area contributed by atoms with E-state index in [9.17, 15) is 9.59 Å². The van der Waals surface area contributed by atoms with Gasteiger partial charge < -0.3 is 14.8 Å². The zero-order valence-corrected chi connectivity index (χ0v) is 16.3. The number of nitrogens with one attached hydrogen (secondary N) is 1. The molecular weight excluding hydrogens is 356 g/mol. The zero-order valence-electron chi connectivity index (χ0n) is 16.3. The van der Waals surface area contributed by atoms with Gasteiger partial charge >= 0.3 is 0 Å². The van der Waals surface area contributed by atoms with Gasteiger partial charge in [0, 0.05) is 24.7 Å². The minimum absolute atomic E-state index is 0.147. The Morgan fingerprint density at radius 1 is 1.14 bits per heavy atom. The van der Waals surface area contributed by atoms with Crippen molar-refractivity contribution in [1.29, 1.82) is 0 Å². The first-order valence-corrected chi connectivity index (χ1v) is 9.18. The lowest BCUT2D eigenvalue weighted by Crippen LogP contribution is -2.47. The highest BCUT2D eigenvalue weighted by atomic mass is 16.5. The minimum atomic E-state index is -0.542. The van der Waals surface area contributed by atoms with Crippen molar-refractivity contribution in [1.82, 2.24) is 5.32 Å². The van der Waals surface area contributed by atoms with Crippen LogP contribution in [0.3, 0.4) is 0 Å². The van der Waals surface area contributed by atoms with Crippen LogP contribution in [-0.4, -0.2) is 38.6 Å². The Labute approximate surface area is 164 Å². The van der Waals surface area contributed by atoms with Crippen LogP contribution in [-0.2, 0) is 16.0 Å². The number of carbonyl (C=O) groups excluding carboxylic acids is 2. The Balaban J connectivity index is 1.86. The number of benzene rings is 2. The summed E-state index contributed by atoms with van der Waals surface area (Å²) in [4.78, 5) is 27.0. The minimum Gasteiger partial charge on any atom is -0.493 e. The Kier molecular flexibility index (Phi) is 5.99. The van der Waals surface area contributed by atoms with Crippen LogP contribution in [0.25, 0.3) is 6.08 Å². The molecule has 28 heavy (non-hydrogen) atoms. The summed E-state index contributed by atoms with van der Waals surface area (Å²) in [5.41, 5.74) is 2.57. The van der Waals surface area contributed by atoms with E-state index in [1.807, 2.05) is 37.3 Å². The molecular formula is C22H24N2O4. The van der Waals surface area contributed by atoms with Crippen LogP contribution >= 0.6 is 0 Å². The van der Waals surface area contributed by atoms with Gasteiger partial charge in [0.05, 0.1) is 14.2 Å². The summed E-state index contributed by atoms with van der Waals surface area (Å²) in [5.74, 6) is 0.821. The summed E-state index contributed by atoms with van der Waals surface area (Å²) in [6, 6.07) is 12.5. The van der Waals surface area contributed by atoms with Crippen molar-refractivity contribution >= 4 is 23.6 Å². The van der Waals surface area contributed by atoms with Crippen LogP contribution in [0.1, 0.15) is 18.1 Å². The van der Waals surface area contributed by atoms with E-state index in [0.29, 0.717) is 24.5 Å². The number of ether oxygens (including phenoxy) is 2. The maximum absolute atomic E-state index is 13.0. The van der Waals surface area contributed by atoms with Gasteiger partial charge in [-0.25, -0.2) is 0 Å². The summed E-state index contributed by atoms with van der Waals surface area (Å²) in [6.45, 7) is 2.39. The highest BCUT2D eigenvalue weighted by Gasteiger charge is 2.37. The summed E-state index contributed by atoms with van der Waals surface area (Å²) in [6.07, 6.45) is 3.70. The van der Waals surface area contributed by atoms with Gasteiger partial charge in [-0.2, -0.15) is 0 Å². The summed E-state index contributed by atoms with van der Waals surface area (Å²) >= 11 is 0. The van der Waals surface area contributed by atoms with Gasteiger partial charge in [-0.15, -0.1) is 0 Å². The fraction of sp³-hybridized carbons (Fsp3) is 0.273. The fourth-order valence-corrected chi connectivity index (χ4v) is 3.36. The Bertz CT molecular complexity index is 907. The second kappa shape index (κ2) is 8.61. The lowest BCUT2D eigenvalue weighted by molar-refractivity contribution is -0.124. The molecule has 0 spiro atoms. The second-order valence-corrected chi connectivity index (χ2v) is 6.40. The van der Waals surface area contributed by atoms with Crippen LogP contribution in [0.5, 0.6) is 11.5 Å². The van der Waals surface area contributed by atoms with E-state index in [0.717, 1.165) is 16.8 Å². The molecule has 6 nitrogen and oxygen atoms in total. The molecule has 2 aromatic rings. The first kappa shape index (κ1) is 19.5. The lowest BCUT2D eigenvalue weighted by Gasteiger charge is -2.23. The first-order chi connectivity index (χ1) is 13.6.